The molecule has 0 aliphatic rings. The third-order valence-electron chi connectivity index (χ3n) is 3.48. The number of halogens is 3. The Labute approximate surface area is 149 Å². The molecule has 0 radical (unpaired) electrons. The van der Waals surface area contributed by atoms with Gasteiger partial charge >= 0.3 is 6.36 Å². The lowest BCUT2D eigenvalue weighted by Crippen LogP contribution is -2.32. The van der Waals surface area contributed by atoms with Crippen LogP contribution in [0.5, 0.6) is 11.5 Å². The van der Waals surface area contributed by atoms with Gasteiger partial charge in [0.15, 0.2) is 0 Å². The van der Waals surface area contributed by atoms with Gasteiger partial charge in [0.2, 0.25) is 5.91 Å². The maximum atomic E-state index is 12.3. The molecule has 2 aromatic carbocycles. The molecule has 2 aromatic rings. The molecule has 1 atom stereocenters. The average molecular weight is 368 g/mol. The number of rotatable bonds is 6. The number of benzene rings is 2. The minimum Gasteiger partial charge on any atom is -0.495 e. The van der Waals surface area contributed by atoms with Crippen molar-refractivity contribution in [2.75, 3.05) is 17.7 Å². The molecule has 26 heavy (non-hydrogen) atoms. The van der Waals surface area contributed by atoms with Gasteiger partial charge in [-0.3, -0.25) is 4.79 Å². The number of methoxy groups -OCH3 is 1. The van der Waals surface area contributed by atoms with Crippen molar-refractivity contribution in [1.29, 1.82) is 0 Å². The summed E-state index contributed by atoms with van der Waals surface area (Å²) in [6, 6.07) is 9.86. The van der Waals surface area contributed by atoms with E-state index in [1.54, 1.807) is 13.0 Å². The number of nitrogens with one attached hydrogen (secondary N) is 2. The predicted molar refractivity (Wildman–Crippen MR) is 92.6 cm³/mol. The van der Waals surface area contributed by atoms with E-state index in [2.05, 4.69) is 15.4 Å². The maximum Gasteiger partial charge on any atom is 0.573 e. The number of anilines is 2. The van der Waals surface area contributed by atoms with Crippen LogP contribution >= 0.6 is 0 Å². The van der Waals surface area contributed by atoms with Crippen molar-refractivity contribution in [2.45, 2.75) is 26.3 Å². The van der Waals surface area contributed by atoms with Crippen LogP contribution in [0.2, 0.25) is 0 Å². The summed E-state index contributed by atoms with van der Waals surface area (Å²) >= 11 is 0. The Morgan fingerprint density at radius 1 is 1.12 bits per heavy atom. The molecule has 2 N–H and O–H groups in total. The fourth-order valence-corrected chi connectivity index (χ4v) is 2.22. The van der Waals surface area contributed by atoms with Crippen LogP contribution in [0, 0.1) is 6.92 Å². The second-order valence-corrected chi connectivity index (χ2v) is 5.63. The number of ether oxygens (including phenoxy) is 2. The number of carbonyl (C=O) groups is 1. The molecule has 0 heterocycles. The lowest BCUT2D eigenvalue weighted by molar-refractivity contribution is -0.274. The fraction of sp³-hybridized carbons (Fsp3) is 0.278. The molecule has 0 aliphatic carbocycles. The molecule has 0 saturated carbocycles. The van der Waals surface area contributed by atoms with Crippen LogP contribution in [0.3, 0.4) is 0 Å². The van der Waals surface area contributed by atoms with Gasteiger partial charge in [0.1, 0.15) is 17.5 Å². The minimum absolute atomic E-state index is 0.349. The van der Waals surface area contributed by atoms with E-state index < -0.39 is 12.4 Å². The predicted octanol–water partition coefficient (Wildman–Crippen LogP) is 4.34. The highest BCUT2D eigenvalue weighted by atomic mass is 19.4. The van der Waals surface area contributed by atoms with E-state index in [0.29, 0.717) is 17.1 Å². The van der Waals surface area contributed by atoms with Gasteiger partial charge in [-0.2, -0.15) is 0 Å². The molecular weight excluding hydrogens is 349 g/mol. The molecule has 0 aliphatic heterocycles. The summed E-state index contributed by atoms with van der Waals surface area (Å²) in [5, 5.41) is 5.68. The molecule has 1 amide bonds. The third-order valence-corrected chi connectivity index (χ3v) is 3.48. The Morgan fingerprint density at radius 2 is 1.77 bits per heavy atom. The Bertz CT molecular complexity index is 761. The summed E-state index contributed by atoms with van der Waals surface area (Å²) in [4.78, 5) is 12.3. The minimum atomic E-state index is -4.75. The van der Waals surface area contributed by atoms with E-state index >= 15 is 0 Å². The van der Waals surface area contributed by atoms with E-state index in [4.69, 9.17) is 4.74 Å². The van der Waals surface area contributed by atoms with Crippen LogP contribution < -0.4 is 20.1 Å². The molecule has 0 aromatic heterocycles. The van der Waals surface area contributed by atoms with Crippen molar-refractivity contribution >= 4 is 17.3 Å². The molecule has 0 fully saturated rings. The monoisotopic (exact) mass is 368 g/mol. The lowest BCUT2D eigenvalue weighted by Gasteiger charge is -2.18. The molecule has 0 saturated heterocycles. The Hall–Kier alpha value is -2.90. The quantitative estimate of drug-likeness (QED) is 0.796. The first kappa shape index (κ1) is 19.4. The SMILES string of the molecule is COc1ccc(C)cc1NC(C)C(=O)Nc1ccc(OC(F)(F)F)cc1. The zero-order valence-electron chi connectivity index (χ0n) is 14.5. The first-order valence-electron chi connectivity index (χ1n) is 7.76. The van der Waals surface area contributed by atoms with Gasteiger partial charge in [-0.1, -0.05) is 6.07 Å². The summed E-state index contributed by atoms with van der Waals surface area (Å²) in [7, 11) is 1.53. The molecule has 5 nitrogen and oxygen atoms in total. The smallest absolute Gasteiger partial charge is 0.495 e. The van der Waals surface area contributed by atoms with E-state index in [1.165, 1.54) is 19.2 Å². The number of aryl methyl sites for hydroxylation is 1. The van der Waals surface area contributed by atoms with Crippen molar-refractivity contribution in [1.82, 2.24) is 0 Å². The van der Waals surface area contributed by atoms with Crippen LogP contribution in [0.25, 0.3) is 0 Å². The first-order chi connectivity index (χ1) is 12.2. The normalized spacial score (nSPS) is 12.2. The second kappa shape index (κ2) is 7.99. The topological polar surface area (TPSA) is 59.6 Å². The fourth-order valence-electron chi connectivity index (χ4n) is 2.22. The third kappa shape index (κ3) is 5.58. The van der Waals surface area contributed by atoms with Crippen molar-refractivity contribution in [3.05, 3.63) is 48.0 Å². The zero-order valence-corrected chi connectivity index (χ0v) is 14.5. The summed E-state index contributed by atoms with van der Waals surface area (Å²) in [5.74, 6) is -0.104. The molecule has 140 valence electrons. The largest absolute Gasteiger partial charge is 0.573 e. The van der Waals surface area contributed by atoms with Crippen molar-refractivity contribution in [3.63, 3.8) is 0 Å². The average Bonchev–Trinajstić information content (AvgIpc) is 2.55. The number of hydrogen-bond donors (Lipinski definition) is 2. The highest BCUT2D eigenvalue weighted by Crippen LogP contribution is 2.26. The van der Waals surface area contributed by atoms with Crippen LogP contribution in [0.1, 0.15) is 12.5 Å². The summed E-state index contributed by atoms with van der Waals surface area (Å²) in [5.41, 5.74) is 2.03. The van der Waals surface area contributed by atoms with Gasteiger partial charge in [0, 0.05) is 5.69 Å². The van der Waals surface area contributed by atoms with Crippen LogP contribution in [0.4, 0.5) is 24.5 Å². The van der Waals surface area contributed by atoms with Gasteiger partial charge in [0.05, 0.1) is 12.8 Å². The van der Waals surface area contributed by atoms with Crippen molar-refractivity contribution in [3.8, 4) is 11.5 Å². The van der Waals surface area contributed by atoms with E-state index in [1.807, 2.05) is 19.1 Å². The number of hydrogen-bond acceptors (Lipinski definition) is 4. The van der Waals surface area contributed by atoms with E-state index in [0.717, 1.165) is 17.7 Å². The van der Waals surface area contributed by atoms with Gasteiger partial charge in [-0.05, 0) is 55.8 Å². The van der Waals surface area contributed by atoms with Crippen LogP contribution in [-0.4, -0.2) is 25.4 Å². The number of carbonyl (C=O) groups excluding carboxylic acids is 1. The van der Waals surface area contributed by atoms with Gasteiger partial charge < -0.3 is 20.1 Å². The molecular formula is C18H19F3N2O3. The number of alkyl halides is 3. The molecule has 0 bridgehead atoms. The summed E-state index contributed by atoms with van der Waals surface area (Å²) in [6.45, 7) is 3.58. The zero-order chi connectivity index (χ0) is 19.3. The van der Waals surface area contributed by atoms with Gasteiger partial charge in [0.25, 0.3) is 0 Å². The Morgan fingerprint density at radius 3 is 2.35 bits per heavy atom. The van der Waals surface area contributed by atoms with E-state index in [9.17, 15) is 18.0 Å². The van der Waals surface area contributed by atoms with Gasteiger partial charge in [-0.25, -0.2) is 0 Å². The molecule has 1 unspecified atom stereocenters. The molecule has 2 rings (SSSR count). The van der Waals surface area contributed by atoms with Crippen LogP contribution in [-0.2, 0) is 4.79 Å². The second-order valence-electron chi connectivity index (χ2n) is 5.63. The first-order valence-corrected chi connectivity index (χ1v) is 7.76. The molecule has 8 heteroatoms. The number of amides is 1. The van der Waals surface area contributed by atoms with Crippen LogP contribution in [0.15, 0.2) is 42.5 Å². The van der Waals surface area contributed by atoms with E-state index in [-0.39, 0.29) is 11.7 Å². The Kier molecular flexibility index (Phi) is 5.97. The van der Waals surface area contributed by atoms with Gasteiger partial charge in [-0.15, -0.1) is 13.2 Å². The Balaban J connectivity index is 2.00. The summed E-state index contributed by atoms with van der Waals surface area (Å²) < 4.78 is 45.5. The standard InChI is InChI=1S/C18H19F3N2O3/c1-11-4-9-16(25-3)15(10-11)22-12(2)17(24)23-13-5-7-14(8-6-13)26-18(19,20)21/h4-10,12,22H,1-3H3,(H,23,24). The lowest BCUT2D eigenvalue weighted by atomic mass is 10.2. The van der Waals surface area contributed by atoms with Crippen molar-refractivity contribution < 1.29 is 27.4 Å². The maximum absolute atomic E-state index is 12.3. The summed E-state index contributed by atoms with van der Waals surface area (Å²) in [6.07, 6.45) is -4.75. The highest BCUT2D eigenvalue weighted by molar-refractivity contribution is 5.96. The highest BCUT2D eigenvalue weighted by Gasteiger charge is 2.31. The van der Waals surface area contributed by atoms with Crippen molar-refractivity contribution in [2.24, 2.45) is 0 Å². The molecule has 0 spiro atoms.